The van der Waals surface area contributed by atoms with E-state index in [1.165, 1.54) is 6.42 Å². The first-order valence-corrected chi connectivity index (χ1v) is 10.1. The molecule has 4 aliphatic rings. The zero-order valence-corrected chi connectivity index (χ0v) is 11.2. The number of carbonyl (C=O) groups excluding carboxylic acids is 1. The maximum atomic E-state index is 12.4. The maximum Gasteiger partial charge on any atom is 0.169 e. The number of hydrogen-bond donors (Lipinski definition) is 0. The van der Waals surface area contributed by atoms with Gasteiger partial charge in [-0.3, -0.25) is 4.79 Å². The van der Waals surface area contributed by atoms with E-state index in [0.29, 0.717) is 23.5 Å². The van der Waals surface area contributed by atoms with Gasteiger partial charge in [-0.25, -0.2) is 0 Å². The number of hydrogen-bond acceptors (Lipinski definition) is 2. The molecule has 3 aliphatic carbocycles. The molecule has 0 spiro atoms. The lowest BCUT2D eigenvalue weighted by atomic mass is 9.85. The molecule has 4 atom stereocenters. The van der Waals surface area contributed by atoms with E-state index >= 15 is 0 Å². The first kappa shape index (κ1) is 9.59. The Hall–Kier alpha value is -0.420. The molecule has 0 saturated heterocycles. The van der Waals surface area contributed by atoms with Gasteiger partial charge in [0, 0.05) is 5.92 Å². The molecule has 1 aliphatic heterocycles. The van der Waals surface area contributed by atoms with Crippen molar-refractivity contribution in [1.29, 1.82) is 0 Å². The van der Waals surface area contributed by atoms with Crippen molar-refractivity contribution in [3.63, 3.8) is 0 Å². The van der Waals surface area contributed by atoms with E-state index in [-0.39, 0.29) is 5.92 Å². The Balaban J connectivity index is 1.79. The van der Waals surface area contributed by atoms with Crippen LogP contribution in [0.15, 0.2) is 23.8 Å². The van der Waals surface area contributed by atoms with Crippen LogP contribution in [0.25, 0.3) is 0 Å². The Morgan fingerprint density at radius 3 is 2.81 bits per heavy atom. The molecule has 84 valence electrons. The number of fused-ring (bicyclic) bond motifs is 5. The van der Waals surface area contributed by atoms with Gasteiger partial charge < -0.3 is 4.74 Å². The monoisotopic (exact) mass is 328 g/mol. The summed E-state index contributed by atoms with van der Waals surface area (Å²) in [5, 5.41) is 0. The van der Waals surface area contributed by atoms with Crippen molar-refractivity contribution in [3.8, 4) is 0 Å². The second-order valence-electron chi connectivity index (χ2n) is 4.99. The van der Waals surface area contributed by atoms with Gasteiger partial charge in [-0.15, -0.1) is 0 Å². The Labute approximate surface area is 101 Å². The molecule has 0 amide bonds. The quantitative estimate of drug-likeness (QED) is 0.418. The van der Waals surface area contributed by atoms with Gasteiger partial charge >= 0.3 is 0 Å². The highest BCUT2D eigenvalue weighted by molar-refractivity contribution is 14.2. The largest absolute Gasteiger partial charge is 0.307 e. The molecule has 0 aromatic rings. The van der Waals surface area contributed by atoms with E-state index in [1.807, 2.05) is 4.20 Å². The molecular formula is C13H13IO2. The first-order valence-electron chi connectivity index (χ1n) is 5.66. The SMILES string of the molecule is CI1=COC=1C1=CC2C3C=CC(C3)C2C1=O. The van der Waals surface area contributed by atoms with Gasteiger partial charge in [0.2, 0.25) is 0 Å². The van der Waals surface area contributed by atoms with Crippen molar-refractivity contribution in [2.75, 3.05) is 4.93 Å². The molecule has 1 saturated carbocycles. The fourth-order valence-electron chi connectivity index (χ4n) is 3.48. The maximum absolute atomic E-state index is 12.4. The summed E-state index contributed by atoms with van der Waals surface area (Å²) in [6.45, 7) is 0. The summed E-state index contributed by atoms with van der Waals surface area (Å²) in [5.41, 5.74) is 0.948. The second-order valence-corrected chi connectivity index (χ2v) is 9.43. The molecule has 3 heteroatoms. The molecule has 0 aromatic heterocycles. The molecule has 4 unspecified atom stereocenters. The lowest BCUT2D eigenvalue weighted by Crippen LogP contribution is -2.24. The Kier molecular flexibility index (Phi) is 1.84. The molecule has 2 bridgehead atoms. The molecule has 2 nitrogen and oxygen atoms in total. The van der Waals surface area contributed by atoms with Gasteiger partial charge in [-0.05, 0) is 29.1 Å². The van der Waals surface area contributed by atoms with Crippen molar-refractivity contribution >= 4 is 32.5 Å². The molecule has 0 aromatic carbocycles. The molecule has 0 radical (unpaired) electrons. The summed E-state index contributed by atoms with van der Waals surface area (Å²) in [6, 6.07) is 0. The van der Waals surface area contributed by atoms with E-state index in [9.17, 15) is 4.79 Å². The normalized spacial score (nSPS) is 44.4. The Morgan fingerprint density at radius 1 is 1.38 bits per heavy atom. The summed E-state index contributed by atoms with van der Waals surface area (Å²) < 4.78 is 8.42. The minimum absolute atomic E-state index is 0.256. The fourth-order valence-corrected chi connectivity index (χ4v) is 5.85. The van der Waals surface area contributed by atoms with Crippen molar-refractivity contribution in [3.05, 3.63) is 23.8 Å². The van der Waals surface area contributed by atoms with Crippen molar-refractivity contribution in [1.82, 2.24) is 0 Å². The zero-order chi connectivity index (χ0) is 10.9. The summed E-state index contributed by atoms with van der Waals surface area (Å²) in [6.07, 6.45) is 7.97. The van der Waals surface area contributed by atoms with Gasteiger partial charge in [0.05, 0.1) is 9.77 Å². The van der Waals surface area contributed by atoms with Gasteiger partial charge in [0.15, 0.2) is 5.78 Å². The average molecular weight is 328 g/mol. The van der Waals surface area contributed by atoms with E-state index in [4.69, 9.17) is 4.74 Å². The van der Waals surface area contributed by atoms with Crippen LogP contribution in [0.1, 0.15) is 6.42 Å². The number of rotatable bonds is 1. The average Bonchev–Trinajstić information content (AvgIpc) is 2.91. The van der Waals surface area contributed by atoms with E-state index in [0.717, 1.165) is 9.27 Å². The van der Waals surface area contributed by atoms with Crippen LogP contribution in [0.2, 0.25) is 0 Å². The highest BCUT2D eigenvalue weighted by atomic mass is 127. The smallest absolute Gasteiger partial charge is 0.169 e. The molecule has 16 heavy (non-hydrogen) atoms. The van der Waals surface area contributed by atoms with Crippen LogP contribution in [-0.2, 0) is 9.53 Å². The molecule has 1 fully saturated rings. The van der Waals surface area contributed by atoms with Crippen LogP contribution in [0.3, 0.4) is 0 Å². The van der Waals surface area contributed by atoms with E-state index in [1.54, 1.807) is 0 Å². The Bertz CT molecular complexity index is 546. The van der Waals surface area contributed by atoms with Crippen LogP contribution in [-0.4, -0.2) is 18.6 Å². The lowest BCUT2D eigenvalue weighted by molar-refractivity contribution is -0.119. The van der Waals surface area contributed by atoms with Gasteiger partial charge in [0.1, 0.15) is 3.69 Å². The predicted octanol–water partition coefficient (Wildman–Crippen LogP) is 1.99. The standard InChI is InChI=1S/C13H13IO2/c1-14-6-16-13(14)10-5-9-7-2-3-8(4-7)11(9)12(10)15/h2-3,5-9,11H,4H2,1H3. The summed E-state index contributed by atoms with van der Waals surface area (Å²) in [5.74, 6) is 2.25. The number of alkyl halides is 1. The minimum Gasteiger partial charge on any atom is -0.307 e. The van der Waals surface area contributed by atoms with Crippen LogP contribution in [0, 0.1) is 23.7 Å². The first-order chi connectivity index (χ1) is 7.75. The van der Waals surface area contributed by atoms with Crippen molar-refractivity contribution in [2.24, 2.45) is 23.7 Å². The van der Waals surface area contributed by atoms with Crippen LogP contribution in [0.5, 0.6) is 0 Å². The third-order valence-electron chi connectivity index (χ3n) is 4.21. The molecule has 4 rings (SSSR count). The van der Waals surface area contributed by atoms with Crippen molar-refractivity contribution in [2.45, 2.75) is 6.42 Å². The number of carbonyl (C=O) groups is 1. The number of halogens is 1. The molecule has 0 N–H and O–H groups in total. The summed E-state index contributed by atoms with van der Waals surface area (Å²) >= 11 is -1.14. The van der Waals surface area contributed by atoms with Gasteiger partial charge in [0.25, 0.3) is 0 Å². The third kappa shape index (κ3) is 1.03. The highest BCUT2D eigenvalue weighted by Gasteiger charge is 2.52. The number of allylic oxidation sites excluding steroid dienone is 3. The number of ketones is 1. The van der Waals surface area contributed by atoms with Gasteiger partial charge in [-0.1, -0.05) is 37.1 Å². The lowest BCUT2D eigenvalue weighted by Gasteiger charge is -2.18. The highest BCUT2D eigenvalue weighted by Crippen LogP contribution is 2.53. The van der Waals surface area contributed by atoms with Gasteiger partial charge in [-0.2, -0.15) is 0 Å². The zero-order valence-electron chi connectivity index (χ0n) is 9.02. The van der Waals surface area contributed by atoms with E-state index < -0.39 is 18.9 Å². The molecule has 1 heterocycles. The number of Topliss-reactive ketones (excluding diaryl/α,β-unsaturated/α-hetero) is 1. The van der Waals surface area contributed by atoms with Crippen molar-refractivity contribution < 1.29 is 9.53 Å². The summed E-state index contributed by atoms with van der Waals surface area (Å²) in [7, 11) is 0. The van der Waals surface area contributed by atoms with E-state index in [2.05, 4.69) is 23.2 Å². The molecular weight excluding hydrogens is 315 g/mol. The van der Waals surface area contributed by atoms with Crippen LogP contribution in [0.4, 0.5) is 0 Å². The van der Waals surface area contributed by atoms with Crippen LogP contribution < -0.4 is 0 Å². The predicted molar refractivity (Wildman–Crippen MR) is 72.9 cm³/mol. The number of ether oxygens (including phenoxy) is 1. The minimum atomic E-state index is -1.14. The summed E-state index contributed by atoms with van der Waals surface area (Å²) in [4.78, 5) is 14.6. The fraction of sp³-hybridized carbons (Fsp3) is 0.462. The second kappa shape index (κ2) is 3.07. The van der Waals surface area contributed by atoms with Crippen LogP contribution >= 0.6 is 18.9 Å². The third-order valence-corrected chi connectivity index (χ3v) is 7.61. The Morgan fingerprint density at radius 2 is 2.19 bits per heavy atom. The topological polar surface area (TPSA) is 26.3 Å².